The van der Waals surface area contributed by atoms with Gasteiger partial charge in [-0.3, -0.25) is 0 Å². The second-order valence-electron chi connectivity index (χ2n) is 3.84. The third kappa shape index (κ3) is 10.9. The third-order valence-electron chi connectivity index (χ3n) is 2.32. The lowest BCUT2D eigenvalue weighted by Gasteiger charge is -2.23. The van der Waals surface area contributed by atoms with Gasteiger partial charge in [-0.25, -0.2) is 14.7 Å². The van der Waals surface area contributed by atoms with Gasteiger partial charge in [0.1, 0.15) is 0 Å². The Morgan fingerprint density at radius 2 is 1.57 bits per heavy atom. The Hall–Kier alpha value is -1.48. The number of hydrogen-bond acceptors (Lipinski definition) is 6. The Morgan fingerprint density at radius 3 is 1.86 bits per heavy atom. The lowest BCUT2D eigenvalue weighted by atomic mass is 10.4. The van der Waals surface area contributed by atoms with Crippen LogP contribution in [0, 0.1) is 0 Å². The standard InChI is InChI=1S/C9H18O5Si.C4H5O2/c1-5-9(10)14-7-6-8-15(11-2,12-3)13-4;1-3(2)4(5)6/h5H,1,6-8H2,2-4H3;1H2,2H3. The minimum Gasteiger partial charge on any atom is -0.463 e. The maximum atomic E-state index is 10.7. The predicted molar refractivity (Wildman–Crippen MR) is 77.9 cm³/mol. The molecule has 0 heterocycles. The highest BCUT2D eigenvalue weighted by molar-refractivity contribution is 6.60. The molecule has 0 aromatic rings. The van der Waals surface area contributed by atoms with Gasteiger partial charge in [0.2, 0.25) is 0 Å². The smallest absolute Gasteiger partial charge is 0.463 e. The van der Waals surface area contributed by atoms with Crippen LogP contribution in [-0.4, -0.2) is 48.7 Å². The minimum atomic E-state index is -2.52. The van der Waals surface area contributed by atoms with E-state index in [1.165, 1.54) is 6.92 Å². The molecule has 0 saturated heterocycles. The van der Waals surface area contributed by atoms with Crippen molar-refractivity contribution in [2.45, 2.75) is 19.4 Å². The quantitative estimate of drug-likeness (QED) is 0.277. The summed E-state index contributed by atoms with van der Waals surface area (Å²) in [5.74, 6) is -1.61. The molecule has 0 saturated carbocycles. The van der Waals surface area contributed by atoms with Gasteiger partial charge in [-0.15, -0.1) is 0 Å². The number of rotatable bonds is 9. The van der Waals surface area contributed by atoms with E-state index in [9.17, 15) is 14.7 Å². The van der Waals surface area contributed by atoms with Gasteiger partial charge in [-0.05, 0) is 13.3 Å². The van der Waals surface area contributed by atoms with E-state index in [2.05, 4.69) is 13.2 Å². The summed E-state index contributed by atoms with van der Waals surface area (Å²) < 4.78 is 20.4. The van der Waals surface area contributed by atoms with Crippen LogP contribution in [0.4, 0.5) is 0 Å². The highest BCUT2D eigenvalue weighted by Crippen LogP contribution is 2.14. The maximum Gasteiger partial charge on any atom is 0.500 e. The number of carbonyl (C=O) groups excluding carboxylic acids is 2. The van der Waals surface area contributed by atoms with E-state index in [0.29, 0.717) is 19.1 Å². The molecule has 0 N–H and O–H groups in total. The molecule has 0 aromatic carbocycles. The van der Waals surface area contributed by atoms with Crippen LogP contribution >= 0.6 is 0 Å². The summed E-state index contributed by atoms with van der Waals surface area (Å²) in [5.41, 5.74) is 0.0648. The first-order valence-corrected chi connectivity index (χ1v) is 8.03. The van der Waals surface area contributed by atoms with Crippen molar-refractivity contribution in [3.8, 4) is 0 Å². The summed E-state index contributed by atoms with van der Waals surface area (Å²) in [6, 6.07) is 0.612. The number of esters is 1. The molecule has 0 bridgehead atoms. The van der Waals surface area contributed by atoms with E-state index in [4.69, 9.17) is 18.0 Å². The summed E-state index contributed by atoms with van der Waals surface area (Å²) in [4.78, 5) is 20.2. The maximum absolute atomic E-state index is 10.7. The van der Waals surface area contributed by atoms with Crippen molar-refractivity contribution in [3.05, 3.63) is 24.8 Å². The summed E-state index contributed by atoms with van der Waals surface area (Å²) in [5, 5.41) is 9.49. The van der Waals surface area contributed by atoms with Crippen LogP contribution < -0.4 is 0 Å². The van der Waals surface area contributed by atoms with Crippen molar-refractivity contribution < 1.29 is 32.7 Å². The Kier molecular flexibility index (Phi) is 12.7. The zero-order valence-corrected chi connectivity index (χ0v) is 14.0. The molecule has 0 aromatic heterocycles. The fraction of sp³-hybridized carbons (Fsp3) is 0.538. The van der Waals surface area contributed by atoms with E-state index in [-0.39, 0.29) is 5.57 Å². The number of carbonyl (C=O) groups is 2. The molecule has 121 valence electrons. The first-order chi connectivity index (χ1) is 9.78. The molecule has 0 aliphatic carbocycles. The van der Waals surface area contributed by atoms with Gasteiger partial charge >= 0.3 is 20.7 Å². The molecule has 0 rings (SSSR count). The molecule has 0 atom stereocenters. The highest BCUT2D eigenvalue weighted by Gasteiger charge is 2.36. The van der Waals surface area contributed by atoms with E-state index in [1.54, 1.807) is 21.3 Å². The minimum absolute atomic E-state index is 0.0648. The van der Waals surface area contributed by atoms with Gasteiger partial charge in [-0.2, -0.15) is 0 Å². The van der Waals surface area contributed by atoms with Gasteiger partial charge in [0.25, 0.3) is 0 Å². The van der Waals surface area contributed by atoms with Crippen LogP contribution in [0.15, 0.2) is 24.8 Å². The van der Waals surface area contributed by atoms with Crippen LogP contribution in [0.3, 0.4) is 0 Å². The molecule has 0 amide bonds. The van der Waals surface area contributed by atoms with Crippen LogP contribution in [-0.2, 0) is 32.7 Å². The second kappa shape index (κ2) is 12.3. The Labute approximate surface area is 126 Å². The average Bonchev–Trinajstić information content (AvgIpc) is 2.48. The van der Waals surface area contributed by atoms with Gasteiger partial charge < -0.3 is 18.0 Å². The van der Waals surface area contributed by atoms with Gasteiger partial charge in [0.15, 0.2) is 0 Å². The van der Waals surface area contributed by atoms with Crippen LogP contribution in [0.25, 0.3) is 0 Å². The lowest BCUT2D eigenvalue weighted by molar-refractivity contribution is -0.139. The summed E-state index contributed by atoms with van der Waals surface area (Å²) in [6.07, 6.45) is 1.77. The molecule has 1 radical (unpaired) electrons. The van der Waals surface area contributed by atoms with Gasteiger partial charge in [-0.1, -0.05) is 13.2 Å². The van der Waals surface area contributed by atoms with Crippen molar-refractivity contribution in [3.63, 3.8) is 0 Å². The van der Waals surface area contributed by atoms with Crippen molar-refractivity contribution in [1.82, 2.24) is 0 Å². The van der Waals surface area contributed by atoms with Crippen LogP contribution in [0.2, 0.25) is 6.04 Å². The molecule has 0 spiro atoms. The van der Waals surface area contributed by atoms with Gasteiger partial charge in [0.05, 0.1) is 6.61 Å². The molecule has 0 aliphatic heterocycles. The van der Waals surface area contributed by atoms with E-state index < -0.39 is 20.7 Å². The zero-order valence-electron chi connectivity index (χ0n) is 13.0. The number of hydrogen-bond donors (Lipinski definition) is 0. The van der Waals surface area contributed by atoms with Crippen LogP contribution in [0.1, 0.15) is 13.3 Å². The van der Waals surface area contributed by atoms with E-state index in [0.717, 1.165) is 6.08 Å². The first-order valence-electron chi connectivity index (χ1n) is 6.10. The molecule has 8 heteroatoms. The molecule has 7 nitrogen and oxygen atoms in total. The lowest BCUT2D eigenvalue weighted by Crippen LogP contribution is -2.42. The number of ether oxygens (including phenoxy) is 1. The molecule has 0 fully saturated rings. The Morgan fingerprint density at radius 1 is 1.14 bits per heavy atom. The fourth-order valence-electron chi connectivity index (χ4n) is 1.08. The fourth-order valence-corrected chi connectivity index (χ4v) is 2.77. The molecule has 0 aliphatic rings. The normalized spacial score (nSPS) is 10.1. The molecular weight excluding hydrogens is 296 g/mol. The van der Waals surface area contributed by atoms with E-state index >= 15 is 0 Å². The first kappa shape index (κ1) is 21.8. The monoisotopic (exact) mass is 319 g/mol. The highest BCUT2D eigenvalue weighted by atomic mass is 28.4. The Bertz CT molecular complexity index is 330. The topological polar surface area (TPSA) is 91.0 Å². The van der Waals surface area contributed by atoms with Crippen molar-refractivity contribution >= 4 is 20.7 Å². The molecular formula is C13H23O7Si. The summed E-state index contributed by atoms with van der Waals surface area (Å²) >= 11 is 0. The molecule has 0 unspecified atom stereocenters. The largest absolute Gasteiger partial charge is 0.500 e. The van der Waals surface area contributed by atoms with Crippen molar-refractivity contribution in [1.29, 1.82) is 0 Å². The van der Waals surface area contributed by atoms with Crippen molar-refractivity contribution in [2.75, 3.05) is 27.9 Å². The third-order valence-corrected chi connectivity index (χ3v) is 5.15. The summed E-state index contributed by atoms with van der Waals surface area (Å²) in [7, 11) is 2.13. The van der Waals surface area contributed by atoms with Crippen molar-refractivity contribution in [2.24, 2.45) is 0 Å². The average molecular weight is 319 g/mol. The Balaban J connectivity index is 0. The molecule has 21 heavy (non-hydrogen) atoms. The summed E-state index contributed by atoms with van der Waals surface area (Å²) in [6.45, 7) is 8.09. The predicted octanol–water partition coefficient (Wildman–Crippen LogP) is 1.50. The second-order valence-corrected chi connectivity index (χ2v) is 6.93. The zero-order chi connectivity index (χ0) is 16.9. The van der Waals surface area contributed by atoms with Gasteiger partial charge in [0, 0.05) is 39.0 Å². The van der Waals surface area contributed by atoms with Crippen LogP contribution in [0.5, 0.6) is 0 Å². The van der Waals surface area contributed by atoms with E-state index in [1.807, 2.05) is 0 Å². The SMILES string of the molecule is C=C(C)C([O])=O.C=CC(=O)OCCC[Si](OC)(OC)OC.